The summed E-state index contributed by atoms with van der Waals surface area (Å²) < 4.78 is 5.02. The molecule has 3 aromatic rings. The predicted octanol–water partition coefficient (Wildman–Crippen LogP) is 3.44. The van der Waals surface area contributed by atoms with Crippen molar-refractivity contribution >= 4 is 23.1 Å². The van der Waals surface area contributed by atoms with E-state index in [1.165, 1.54) is 0 Å². The van der Waals surface area contributed by atoms with Gasteiger partial charge in [0.05, 0.1) is 11.3 Å². The second-order valence-corrected chi connectivity index (χ2v) is 4.92. The minimum absolute atomic E-state index is 0.547. The van der Waals surface area contributed by atoms with Gasteiger partial charge in [-0.25, -0.2) is 9.97 Å². The number of para-hydroxylation sites is 1. The fraction of sp³-hybridized carbons (Fsp3) is 0.125. The molecule has 0 atom stereocenters. The molecule has 7 heteroatoms. The molecule has 0 aliphatic heterocycles. The SMILES string of the molecule is Cc1nc(Nc2cc(C)on2)cc(Nc2ccccc2C#N)n1. The first kappa shape index (κ1) is 14.5. The van der Waals surface area contributed by atoms with Crippen molar-refractivity contribution in [2.75, 3.05) is 10.6 Å². The first-order valence-electron chi connectivity index (χ1n) is 6.96. The number of benzene rings is 1. The van der Waals surface area contributed by atoms with Crippen LogP contribution in [0.3, 0.4) is 0 Å². The van der Waals surface area contributed by atoms with E-state index in [-0.39, 0.29) is 0 Å². The quantitative estimate of drug-likeness (QED) is 0.761. The number of rotatable bonds is 4. The Hall–Kier alpha value is -3.40. The Kier molecular flexibility index (Phi) is 3.89. The average Bonchev–Trinajstić information content (AvgIpc) is 2.92. The van der Waals surface area contributed by atoms with E-state index in [0.717, 1.165) is 0 Å². The molecule has 23 heavy (non-hydrogen) atoms. The maximum atomic E-state index is 9.15. The molecule has 1 aromatic carbocycles. The molecule has 0 saturated heterocycles. The van der Waals surface area contributed by atoms with Crippen LogP contribution >= 0.6 is 0 Å². The van der Waals surface area contributed by atoms with Gasteiger partial charge in [0.15, 0.2) is 5.82 Å². The van der Waals surface area contributed by atoms with Crippen molar-refractivity contribution in [2.45, 2.75) is 13.8 Å². The molecule has 2 heterocycles. The van der Waals surface area contributed by atoms with Gasteiger partial charge in [0, 0.05) is 12.1 Å². The van der Waals surface area contributed by atoms with E-state index < -0.39 is 0 Å². The summed E-state index contributed by atoms with van der Waals surface area (Å²) in [6.07, 6.45) is 0. The van der Waals surface area contributed by atoms with Crippen LogP contribution in [0.4, 0.5) is 23.1 Å². The summed E-state index contributed by atoms with van der Waals surface area (Å²) in [6, 6.07) is 12.9. The van der Waals surface area contributed by atoms with Gasteiger partial charge in [-0.15, -0.1) is 0 Å². The highest BCUT2D eigenvalue weighted by atomic mass is 16.5. The lowest BCUT2D eigenvalue weighted by Crippen LogP contribution is -2.02. The summed E-state index contributed by atoms with van der Waals surface area (Å²) in [4.78, 5) is 8.65. The van der Waals surface area contributed by atoms with Gasteiger partial charge in [-0.3, -0.25) is 0 Å². The number of aromatic nitrogens is 3. The van der Waals surface area contributed by atoms with Crippen LogP contribution in [0, 0.1) is 25.2 Å². The first-order chi connectivity index (χ1) is 11.1. The second kappa shape index (κ2) is 6.15. The molecule has 0 aliphatic rings. The summed E-state index contributed by atoms with van der Waals surface area (Å²) in [5, 5.41) is 19.2. The third-order valence-corrected chi connectivity index (χ3v) is 3.03. The molecule has 114 valence electrons. The molecule has 0 aliphatic carbocycles. The zero-order valence-corrected chi connectivity index (χ0v) is 12.7. The van der Waals surface area contributed by atoms with E-state index in [2.05, 4.69) is 31.8 Å². The lowest BCUT2D eigenvalue weighted by molar-refractivity contribution is 0.400. The van der Waals surface area contributed by atoms with E-state index in [1.807, 2.05) is 25.1 Å². The normalized spacial score (nSPS) is 10.1. The molecule has 0 spiro atoms. The lowest BCUT2D eigenvalue weighted by atomic mass is 10.2. The van der Waals surface area contributed by atoms with Gasteiger partial charge in [-0.05, 0) is 26.0 Å². The summed E-state index contributed by atoms with van der Waals surface area (Å²) in [6.45, 7) is 3.61. The van der Waals surface area contributed by atoms with Crippen molar-refractivity contribution in [3.05, 3.63) is 53.5 Å². The average molecular weight is 306 g/mol. The van der Waals surface area contributed by atoms with Crippen molar-refractivity contribution < 1.29 is 4.52 Å². The van der Waals surface area contributed by atoms with Gasteiger partial charge in [0.1, 0.15) is 29.3 Å². The number of anilines is 4. The molecule has 0 saturated carbocycles. The van der Waals surface area contributed by atoms with Crippen molar-refractivity contribution in [1.29, 1.82) is 5.26 Å². The number of nitrogens with zero attached hydrogens (tertiary/aromatic N) is 4. The molecule has 3 rings (SSSR count). The third kappa shape index (κ3) is 3.44. The maximum Gasteiger partial charge on any atom is 0.175 e. The van der Waals surface area contributed by atoms with Crippen molar-refractivity contribution in [3.63, 3.8) is 0 Å². The van der Waals surface area contributed by atoms with Gasteiger partial charge in [-0.1, -0.05) is 17.3 Å². The van der Waals surface area contributed by atoms with Crippen molar-refractivity contribution in [1.82, 2.24) is 15.1 Å². The van der Waals surface area contributed by atoms with Gasteiger partial charge in [-0.2, -0.15) is 5.26 Å². The largest absolute Gasteiger partial charge is 0.360 e. The minimum Gasteiger partial charge on any atom is -0.360 e. The van der Waals surface area contributed by atoms with Crippen LogP contribution in [0.15, 0.2) is 40.9 Å². The molecule has 2 aromatic heterocycles. The Balaban J connectivity index is 1.87. The summed E-state index contributed by atoms with van der Waals surface area (Å²) in [5.74, 6) is 3.04. The summed E-state index contributed by atoms with van der Waals surface area (Å²) >= 11 is 0. The third-order valence-electron chi connectivity index (χ3n) is 3.03. The predicted molar refractivity (Wildman–Crippen MR) is 85.7 cm³/mol. The van der Waals surface area contributed by atoms with Gasteiger partial charge in [0.25, 0.3) is 0 Å². The van der Waals surface area contributed by atoms with Crippen molar-refractivity contribution in [3.8, 4) is 6.07 Å². The summed E-state index contributed by atoms with van der Waals surface area (Å²) in [5.41, 5.74) is 1.24. The van der Waals surface area contributed by atoms with E-state index >= 15 is 0 Å². The second-order valence-electron chi connectivity index (χ2n) is 4.92. The van der Waals surface area contributed by atoms with Crippen LogP contribution in [-0.4, -0.2) is 15.1 Å². The van der Waals surface area contributed by atoms with Gasteiger partial charge < -0.3 is 15.2 Å². The molecule has 0 amide bonds. The van der Waals surface area contributed by atoms with Crippen LogP contribution < -0.4 is 10.6 Å². The number of aryl methyl sites for hydroxylation is 2. The standard InChI is InChI=1S/C16H14N6O/c1-10-7-16(22-23-10)21-15-8-14(18-11(2)19-15)20-13-6-4-3-5-12(13)9-17/h3-8H,1-2H3,(H2,18,19,20,21,22). The Labute approximate surface area is 133 Å². The van der Waals surface area contributed by atoms with Crippen LogP contribution in [0.1, 0.15) is 17.1 Å². The molecular weight excluding hydrogens is 292 g/mol. The zero-order valence-electron chi connectivity index (χ0n) is 12.7. The molecule has 7 nitrogen and oxygen atoms in total. The Morgan fingerprint density at radius 2 is 1.74 bits per heavy atom. The molecule has 0 radical (unpaired) electrons. The molecule has 0 bridgehead atoms. The highest BCUT2D eigenvalue weighted by Crippen LogP contribution is 2.22. The van der Waals surface area contributed by atoms with Gasteiger partial charge in [0.2, 0.25) is 0 Å². The highest BCUT2D eigenvalue weighted by Gasteiger charge is 2.07. The molecular formula is C16H14N6O. The number of nitriles is 1. The molecule has 0 unspecified atom stereocenters. The Morgan fingerprint density at radius 1 is 1.00 bits per heavy atom. The zero-order chi connectivity index (χ0) is 16.2. The lowest BCUT2D eigenvalue weighted by Gasteiger charge is -2.10. The highest BCUT2D eigenvalue weighted by molar-refractivity contribution is 5.66. The molecule has 2 N–H and O–H groups in total. The summed E-state index contributed by atoms with van der Waals surface area (Å²) in [7, 11) is 0. The monoisotopic (exact) mass is 306 g/mol. The maximum absolute atomic E-state index is 9.15. The topological polar surface area (TPSA) is 99.7 Å². The fourth-order valence-electron chi connectivity index (χ4n) is 2.08. The van der Waals surface area contributed by atoms with E-state index in [1.54, 1.807) is 25.1 Å². The number of hydrogen-bond acceptors (Lipinski definition) is 7. The van der Waals surface area contributed by atoms with Crippen molar-refractivity contribution in [2.24, 2.45) is 0 Å². The van der Waals surface area contributed by atoms with E-state index in [0.29, 0.717) is 40.3 Å². The van der Waals surface area contributed by atoms with Gasteiger partial charge >= 0.3 is 0 Å². The fourth-order valence-corrected chi connectivity index (χ4v) is 2.08. The number of nitrogens with one attached hydrogen (secondary N) is 2. The van der Waals surface area contributed by atoms with E-state index in [4.69, 9.17) is 9.78 Å². The van der Waals surface area contributed by atoms with Crippen LogP contribution in [0.2, 0.25) is 0 Å². The van der Waals surface area contributed by atoms with E-state index in [9.17, 15) is 0 Å². The number of hydrogen-bond donors (Lipinski definition) is 2. The van der Waals surface area contributed by atoms with Crippen LogP contribution in [0.5, 0.6) is 0 Å². The first-order valence-corrected chi connectivity index (χ1v) is 6.96. The van der Waals surface area contributed by atoms with Crippen LogP contribution in [0.25, 0.3) is 0 Å². The Morgan fingerprint density at radius 3 is 2.43 bits per heavy atom. The Bertz CT molecular complexity index is 880. The van der Waals surface area contributed by atoms with Crippen LogP contribution in [-0.2, 0) is 0 Å². The smallest absolute Gasteiger partial charge is 0.175 e. The molecule has 0 fully saturated rings. The minimum atomic E-state index is 0.547.